The molecule has 2 aliphatic rings. The second-order valence-corrected chi connectivity index (χ2v) is 10.1. The zero-order valence-electron chi connectivity index (χ0n) is 20.4. The molecule has 11 heteroatoms. The summed E-state index contributed by atoms with van der Waals surface area (Å²) in [5.74, 6) is 0.406. The number of morpholine rings is 1. The quantitative estimate of drug-likeness (QED) is 0.494. The van der Waals surface area contributed by atoms with E-state index in [1.807, 2.05) is 14.0 Å². The molecule has 0 saturated carbocycles. The number of carbonyl (C=O) groups is 1. The number of fused-ring (bicyclic) bond motifs is 1. The number of likely N-dealkylation sites (N-methyl/N-ethyl adjacent to an activating group) is 1. The van der Waals surface area contributed by atoms with Gasteiger partial charge >= 0.3 is 0 Å². The second kappa shape index (κ2) is 11.0. The predicted octanol–water partition coefficient (Wildman–Crippen LogP) is 3.50. The molecule has 2 aromatic heterocycles. The summed E-state index contributed by atoms with van der Waals surface area (Å²) in [6.07, 6.45) is 2.87. The summed E-state index contributed by atoms with van der Waals surface area (Å²) in [5, 5.41) is 7.04. The summed E-state index contributed by atoms with van der Waals surface area (Å²) in [7, 11) is 2.04. The van der Waals surface area contributed by atoms with Gasteiger partial charge in [0.05, 0.1) is 41.9 Å². The van der Waals surface area contributed by atoms with Crippen LogP contribution in [-0.2, 0) is 9.47 Å². The monoisotopic (exact) mass is 515 g/mol. The summed E-state index contributed by atoms with van der Waals surface area (Å²) in [6.45, 7) is 5.90. The highest BCUT2D eigenvalue weighted by Gasteiger charge is 2.23. The van der Waals surface area contributed by atoms with Gasteiger partial charge in [-0.2, -0.15) is 0 Å². The number of benzene rings is 1. The van der Waals surface area contributed by atoms with E-state index in [4.69, 9.17) is 14.2 Å². The van der Waals surface area contributed by atoms with E-state index in [0.717, 1.165) is 36.9 Å². The highest BCUT2D eigenvalue weighted by atomic mass is 32.1. The molecule has 1 amide bonds. The zero-order chi connectivity index (χ0) is 25.1. The Hall–Kier alpha value is -2.86. The molecule has 9 nitrogen and oxygen atoms in total. The maximum atomic E-state index is 14.1. The van der Waals surface area contributed by atoms with Crippen LogP contribution in [0, 0.1) is 12.7 Å². The van der Waals surface area contributed by atoms with E-state index in [1.54, 1.807) is 6.07 Å². The van der Waals surface area contributed by atoms with E-state index in [0.29, 0.717) is 53.3 Å². The Morgan fingerprint density at radius 1 is 1.28 bits per heavy atom. The number of halogens is 1. The summed E-state index contributed by atoms with van der Waals surface area (Å²) >= 11 is 1.32. The van der Waals surface area contributed by atoms with Crippen molar-refractivity contribution >= 4 is 39.0 Å². The third kappa shape index (κ3) is 5.59. The molecule has 2 fully saturated rings. The number of nitrogens with zero attached hydrogens (tertiary/aromatic N) is 3. The fourth-order valence-electron chi connectivity index (χ4n) is 4.46. The summed E-state index contributed by atoms with van der Waals surface area (Å²) in [6, 6.07) is 4.39. The second-order valence-electron chi connectivity index (χ2n) is 9.12. The molecule has 0 spiro atoms. The number of aromatic nitrogens is 2. The number of amides is 1. The number of rotatable bonds is 7. The van der Waals surface area contributed by atoms with Gasteiger partial charge < -0.3 is 29.7 Å². The maximum absolute atomic E-state index is 14.1. The summed E-state index contributed by atoms with van der Waals surface area (Å²) in [5.41, 5.74) is 1.38. The molecule has 0 aliphatic carbocycles. The largest absolute Gasteiger partial charge is 0.488 e. The molecule has 2 aliphatic heterocycles. The van der Waals surface area contributed by atoms with Crippen LogP contribution >= 0.6 is 11.3 Å². The Bertz CT molecular complexity index is 1230. The fraction of sp³-hybridized carbons (Fsp3) is 0.480. The lowest BCUT2D eigenvalue weighted by Crippen LogP contribution is -2.45. The van der Waals surface area contributed by atoms with Crippen LogP contribution in [0.15, 0.2) is 24.5 Å². The molecule has 1 unspecified atom stereocenters. The fourth-order valence-corrected chi connectivity index (χ4v) is 5.52. The molecule has 192 valence electrons. The molecule has 0 bridgehead atoms. The Kier molecular flexibility index (Phi) is 7.61. The van der Waals surface area contributed by atoms with E-state index in [9.17, 15) is 9.18 Å². The molecular formula is C25H30FN5O4S. The molecule has 1 aromatic carbocycles. The average molecular weight is 516 g/mol. The van der Waals surface area contributed by atoms with E-state index < -0.39 is 0 Å². The molecule has 36 heavy (non-hydrogen) atoms. The van der Waals surface area contributed by atoms with Crippen molar-refractivity contribution in [2.24, 2.45) is 0 Å². The Morgan fingerprint density at radius 3 is 2.92 bits per heavy atom. The molecule has 2 saturated heterocycles. The molecule has 2 N–H and O–H groups in total. The van der Waals surface area contributed by atoms with Gasteiger partial charge in [0.15, 0.2) is 0 Å². The lowest BCUT2D eigenvalue weighted by atomic mass is 10.1. The van der Waals surface area contributed by atoms with E-state index >= 15 is 0 Å². The van der Waals surface area contributed by atoms with Crippen LogP contribution in [0.2, 0.25) is 0 Å². The minimum absolute atomic E-state index is 0.0352. The van der Waals surface area contributed by atoms with Gasteiger partial charge in [-0.3, -0.25) is 4.79 Å². The van der Waals surface area contributed by atoms with Crippen molar-refractivity contribution in [2.45, 2.75) is 32.0 Å². The van der Waals surface area contributed by atoms with Crippen LogP contribution in [-0.4, -0.2) is 79.5 Å². The first-order chi connectivity index (χ1) is 17.5. The number of hydrogen-bond donors (Lipinski definition) is 2. The van der Waals surface area contributed by atoms with Gasteiger partial charge in [0, 0.05) is 38.5 Å². The average Bonchev–Trinajstić information content (AvgIpc) is 3.22. The van der Waals surface area contributed by atoms with Crippen molar-refractivity contribution in [2.75, 3.05) is 51.8 Å². The number of ether oxygens (including phenoxy) is 3. The zero-order valence-corrected chi connectivity index (χ0v) is 21.2. The minimum Gasteiger partial charge on any atom is -0.488 e. The Balaban J connectivity index is 1.36. The van der Waals surface area contributed by atoms with Crippen molar-refractivity contribution in [3.8, 4) is 5.75 Å². The van der Waals surface area contributed by atoms with Crippen molar-refractivity contribution in [1.82, 2.24) is 20.2 Å². The first-order valence-corrected chi connectivity index (χ1v) is 12.9. The van der Waals surface area contributed by atoms with Gasteiger partial charge in [-0.1, -0.05) is 0 Å². The minimum atomic E-state index is -0.380. The summed E-state index contributed by atoms with van der Waals surface area (Å²) < 4.78 is 31.3. The number of anilines is 2. The van der Waals surface area contributed by atoms with E-state index in [1.165, 1.54) is 29.8 Å². The van der Waals surface area contributed by atoms with Crippen LogP contribution in [0.4, 0.5) is 15.9 Å². The first-order valence-electron chi connectivity index (χ1n) is 12.1. The number of nitrogens with one attached hydrogen (secondary N) is 2. The number of aryl methyl sites for hydroxylation is 1. The van der Waals surface area contributed by atoms with Crippen LogP contribution < -0.4 is 15.4 Å². The SMILES string of the molecule is Cc1c(C(=O)NCC2CN(C)CCO2)sc2ncnc(Nc3ccc(F)cc3OC3CCOCC3)c12. The molecule has 4 heterocycles. The maximum Gasteiger partial charge on any atom is 0.261 e. The van der Waals surface area contributed by atoms with Crippen LogP contribution in [0.3, 0.4) is 0 Å². The van der Waals surface area contributed by atoms with Crippen LogP contribution in [0.5, 0.6) is 5.75 Å². The van der Waals surface area contributed by atoms with Crippen molar-refractivity contribution in [3.63, 3.8) is 0 Å². The molecular weight excluding hydrogens is 485 g/mol. The molecule has 0 radical (unpaired) electrons. The normalized spacial score (nSPS) is 19.4. The topological polar surface area (TPSA) is 97.8 Å². The summed E-state index contributed by atoms with van der Waals surface area (Å²) in [4.78, 5) is 25.3. The number of hydrogen-bond acceptors (Lipinski definition) is 9. The van der Waals surface area contributed by atoms with Gasteiger partial charge in [0.1, 0.15) is 34.6 Å². The van der Waals surface area contributed by atoms with Gasteiger partial charge in [0.25, 0.3) is 5.91 Å². The van der Waals surface area contributed by atoms with E-state index in [2.05, 4.69) is 25.5 Å². The predicted molar refractivity (Wildman–Crippen MR) is 136 cm³/mol. The van der Waals surface area contributed by atoms with Gasteiger partial charge in [-0.25, -0.2) is 14.4 Å². The lowest BCUT2D eigenvalue weighted by molar-refractivity contribution is -0.0174. The van der Waals surface area contributed by atoms with Gasteiger partial charge in [-0.05, 0) is 31.7 Å². The molecule has 3 aromatic rings. The van der Waals surface area contributed by atoms with Crippen LogP contribution in [0.25, 0.3) is 10.2 Å². The highest BCUT2D eigenvalue weighted by molar-refractivity contribution is 7.20. The van der Waals surface area contributed by atoms with Crippen LogP contribution in [0.1, 0.15) is 28.1 Å². The molecule has 5 rings (SSSR count). The Morgan fingerprint density at radius 2 is 2.11 bits per heavy atom. The van der Waals surface area contributed by atoms with Gasteiger partial charge in [0.2, 0.25) is 0 Å². The number of carbonyl (C=O) groups excluding carboxylic acids is 1. The smallest absolute Gasteiger partial charge is 0.261 e. The van der Waals surface area contributed by atoms with Gasteiger partial charge in [-0.15, -0.1) is 11.3 Å². The number of thiophene rings is 1. The van der Waals surface area contributed by atoms with Crippen molar-refractivity contribution in [1.29, 1.82) is 0 Å². The lowest BCUT2D eigenvalue weighted by Gasteiger charge is -2.30. The van der Waals surface area contributed by atoms with Crippen molar-refractivity contribution < 1.29 is 23.4 Å². The third-order valence-electron chi connectivity index (χ3n) is 6.42. The van der Waals surface area contributed by atoms with E-state index in [-0.39, 0.29) is 23.9 Å². The highest BCUT2D eigenvalue weighted by Crippen LogP contribution is 2.37. The first kappa shape index (κ1) is 24.8. The Labute approximate surface area is 213 Å². The molecule has 1 atom stereocenters. The van der Waals surface area contributed by atoms with Crippen molar-refractivity contribution in [3.05, 3.63) is 40.8 Å². The third-order valence-corrected chi connectivity index (χ3v) is 7.62. The standard InChI is InChI=1S/C25H30FN5O4S/c1-15-21-23(30-19-4-3-16(26)11-20(19)35-17-5-8-33-9-6-17)28-14-29-25(21)36-22(15)24(32)27-12-18-13-31(2)7-10-34-18/h3-4,11,14,17-18H,5-10,12-13H2,1-2H3,(H,27,32)(H,28,29,30).